The van der Waals surface area contributed by atoms with E-state index in [0.29, 0.717) is 23.9 Å². The van der Waals surface area contributed by atoms with Crippen molar-refractivity contribution < 1.29 is 4.74 Å². The van der Waals surface area contributed by atoms with E-state index in [1.165, 1.54) is 0 Å². The minimum atomic E-state index is -0.0943. The molecule has 31 heavy (non-hydrogen) atoms. The van der Waals surface area contributed by atoms with Crippen LogP contribution in [0.5, 0.6) is 5.75 Å². The quantitative estimate of drug-likeness (QED) is 0.585. The third kappa shape index (κ3) is 4.23. The lowest BCUT2D eigenvalue weighted by Gasteiger charge is -2.36. The number of methoxy groups -OCH3 is 1. The summed E-state index contributed by atoms with van der Waals surface area (Å²) in [7, 11) is 1.71. The first-order chi connectivity index (χ1) is 15.1. The highest BCUT2D eigenvalue weighted by Gasteiger charge is 2.19. The molecule has 0 radical (unpaired) electrons. The van der Waals surface area contributed by atoms with E-state index in [-0.39, 0.29) is 11.1 Å². The molecule has 0 spiro atoms. The number of aromatic nitrogens is 2. The van der Waals surface area contributed by atoms with Crippen LogP contribution in [0.3, 0.4) is 0 Å². The van der Waals surface area contributed by atoms with Crippen molar-refractivity contribution in [3.05, 3.63) is 69.2 Å². The number of rotatable bonds is 7. The van der Waals surface area contributed by atoms with Crippen LogP contribution in [0.4, 0.5) is 5.69 Å². The zero-order valence-corrected chi connectivity index (χ0v) is 18.3. The van der Waals surface area contributed by atoms with Gasteiger partial charge in [-0.25, -0.2) is 9.36 Å². The van der Waals surface area contributed by atoms with E-state index < -0.39 is 0 Å². The third-order valence-corrected chi connectivity index (χ3v) is 6.09. The largest absolute Gasteiger partial charge is 0.495 e. The molecule has 4 rings (SSSR count). The summed E-state index contributed by atoms with van der Waals surface area (Å²) in [6.45, 7) is 7.64. The van der Waals surface area contributed by atoms with Gasteiger partial charge in [0.1, 0.15) is 5.75 Å². The fourth-order valence-corrected chi connectivity index (χ4v) is 4.44. The second-order valence-corrected chi connectivity index (χ2v) is 7.85. The van der Waals surface area contributed by atoms with Gasteiger partial charge in [-0.3, -0.25) is 14.5 Å². The average Bonchev–Trinajstić information content (AvgIpc) is 2.82. The average molecular weight is 423 g/mol. The monoisotopic (exact) mass is 422 g/mol. The Hall–Kier alpha value is -3.06. The van der Waals surface area contributed by atoms with Gasteiger partial charge >= 0.3 is 0 Å². The molecule has 0 aliphatic carbocycles. The number of fused-ring (bicyclic) bond motifs is 1. The molecule has 7 heteroatoms. The van der Waals surface area contributed by atoms with Crippen LogP contribution in [0.1, 0.15) is 13.3 Å². The molecule has 1 aromatic heterocycles. The lowest BCUT2D eigenvalue weighted by molar-refractivity contribution is 0.244. The maximum atomic E-state index is 13.0. The Balaban J connectivity index is 1.40. The normalized spacial score (nSPS) is 14.8. The first-order valence-corrected chi connectivity index (χ1v) is 11.0. The van der Waals surface area contributed by atoms with Crippen molar-refractivity contribution in [2.45, 2.75) is 26.4 Å². The molecule has 1 saturated heterocycles. The molecule has 0 unspecified atom stereocenters. The van der Waals surface area contributed by atoms with Crippen molar-refractivity contribution in [2.24, 2.45) is 0 Å². The van der Waals surface area contributed by atoms with Crippen molar-refractivity contribution >= 4 is 16.5 Å². The molecule has 7 nitrogen and oxygen atoms in total. The van der Waals surface area contributed by atoms with Gasteiger partial charge in [-0.15, -0.1) is 0 Å². The second kappa shape index (κ2) is 9.39. The van der Waals surface area contributed by atoms with Crippen LogP contribution in [-0.4, -0.2) is 54.1 Å². The van der Waals surface area contributed by atoms with Crippen LogP contribution in [0.2, 0.25) is 0 Å². The lowest BCUT2D eigenvalue weighted by atomic mass is 10.2. The number of piperazine rings is 1. The number of nitrogens with zero attached hydrogens (tertiary/aromatic N) is 4. The molecule has 0 amide bonds. The van der Waals surface area contributed by atoms with E-state index in [1.54, 1.807) is 34.7 Å². The van der Waals surface area contributed by atoms with Crippen LogP contribution in [0.25, 0.3) is 10.8 Å². The summed E-state index contributed by atoms with van der Waals surface area (Å²) in [4.78, 5) is 30.6. The molecule has 2 aromatic carbocycles. The van der Waals surface area contributed by atoms with Gasteiger partial charge in [0.05, 0.1) is 23.6 Å². The van der Waals surface area contributed by atoms with Crippen molar-refractivity contribution in [1.82, 2.24) is 14.3 Å². The molecule has 0 saturated carbocycles. The smallest absolute Gasteiger partial charge is 0.273 e. The molecular weight excluding hydrogens is 392 g/mol. The number of ether oxygens (including phenoxy) is 1. The molecule has 0 bridgehead atoms. The van der Waals surface area contributed by atoms with E-state index in [1.807, 2.05) is 31.2 Å². The van der Waals surface area contributed by atoms with Crippen molar-refractivity contribution in [3.8, 4) is 5.75 Å². The maximum Gasteiger partial charge on any atom is 0.273 e. The first kappa shape index (κ1) is 21.2. The third-order valence-electron chi connectivity index (χ3n) is 6.09. The van der Waals surface area contributed by atoms with Crippen LogP contribution in [-0.2, 0) is 13.1 Å². The molecule has 3 aromatic rings. The predicted molar refractivity (Wildman–Crippen MR) is 124 cm³/mol. The van der Waals surface area contributed by atoms with Gasteiger partial charge in [-0.1, -0.05) is 24.3 Å². The first-order valence-electron chi connectivity index (χ1n) is 11.0. The van der Waals surface area contributed by atoms with Gasteiger partial charge in [0.2, 0.25) is 0 Å². The Bertz CT molecular complexity index is 1160. The summed E-state index contributed by atoms with van der Waals surface area (Å²) < 4.78 is 8.69. The number of hydrogen-bond acceptors (Lipinski definition) is 5. The van der Waals surface area contributed by atoms with Gasteiger partial charge in [0, 0.05) is 45.8 Å². The van der Waals surface area contributed by atoms with Gasteiger partial charge in [-0.05, 0) is 37.6 Å². The van der Waals surface area contributed by atoms with Crippen LogP contribution < -0.4 is 20.8 Å². The summed E-state index contributed by atoms with van der Waals surface area (Å²) in [5.74, 6) is 0.907. The minimum Gasteiger partial charge on any atom is -0.495 e. The Morgan fingerprint density at radius 1 is 0.806 bits per heavy atom. The fraction of sp³-hybridized carbons (Fsp3) is 0.417. The zero-order valence-electron chi connectivity index (χ0n) is 18.3. The van der Waals surface area contributed by atoms with Crippen LogP contribution in [0.15, 0.2) is 58.1 Å². The maximum absolute atomic E-state index is 13.0. The van der Waals surface area contributed by atoms with Crippen LogP contribution in [0, 0.1) is 0 Å². The Labute approximate surface area is 182 Å². The topological polar surface area (TPSA) is 59.7 Å². The van der Waals surface area contributed by atoms with Crippen molar-refractivity contribution in [2.75, 3.05) is 44.7 Å². The zero-order chi connectivity index (χ0) is 21.8. The van der Waals surface area contributed by atoms with E-state index >= 15 is 0 Å². The highest BCUT2D eigenvalue weighted by Crippen LogP contribution is 2.28. The Morgan fingerprint density at radius 2 is 1.42 bits per heavy atom. The molecule has 2 heterocycles. The molecule has 0 atom stereocenters. The molecule has 164 valence electrons. The van der Waals surface area contributed by atoms with Crippen molar-refractivity contribution in [1.29, 1.82) is 0 Å². The van der Waals surface area contributed by atoms with Gasteiger partial charge in [-0.2, -0.15) is 0 Å². The van der Waals surface area contributed by atoms with E-state index in [4.69, 9.17) is 4.74 Å². The number of hydrogen-bond donors (Lipinski definition) is 0. The standard InChI is InChI=1S/C24H30N4O3/c1-3-27-23(29)19-9-4-5-10-20(19)24(30)28(27)14-8-13-25-15-17-26(18-16-25)21-11-6-7-12-22(21)31-2/h4-7,9-12H,3,8,13-18H2,1-2H3. The minimum absolute atomic E-state index is 0.0851. The molecule has 1 aliphatic heterocycles. The van der Waals surface area contributed by atoms with E-state index in [9.17, 15) is 9.59 Å². The van der Waals surface area contributed by atoms with Crippen LogP contribution >= 0.6 is 0 Å². The summed E-state index contributed by atoms with van der Waals surface area (Å²) in [5, 5.41) is 1.00. The lowest BCUT2D eigenvalue weighted by Crippen LogP contribution is -2.47. The molecule has 1 aliphatic rings. The Morgan fingerprint density at radius 3 is 2.06 bits per heavy atom. The second-order valence-electron chi connectivity index (χ2n) is 7.85. The molecule has 0 N–H and O–H groups in total. The van der Waals surface area contributed by atoms with E-state index in [0.717, 1.165) is 50.6 Å². The SMILES string of the molecule is CCn1c(=O)c2ccccc2c(=O)n1CCCN1CCN(c2ccccc2OC)CC1. The fourth-order valence-electron chi connectivity index (χ4n) is 4.44. The predicted octanol–water partition coefficient (Wildman–Crippen LogP) is 2.40. The van der Waals surface area contributed by atoms with Gasteiger partial charge in [0.15, 0.2) is 0 Å². The highest BCUT2D eigenvalue weighted by atomic mass is 16.5. The van der Waals surface area contributed by atoms with Gasteiger partial charge in [0.25, 0.3) is 11.1 Å². The summed E-state index contributed by atoms with van der Waals surface area (Å²) in [5.41, 5.74) is 0.959. The highest BCUT2D eigenvalue weighted by molar-refractivity contribution is 5.80. The summed E-state index contributed by atoms with van der Waals surface area (Å²) >= 11 is 0. The Kier molecular flexibility index (Phi) is 6.42. The molecular formula is C24H30N4O3. The molecule has 1 fully saturated rings. The van der Waals surface area contributed by atoms with Crippen molar-refractivity contribution in [3.63, 3.8) is 0 Å². The number of benzene rings is 2. The van der Waals surface area contributed by atoms with Gasteiger partial charge < -0.3 is 9.64 Å². The number of para-hydroxylation sites is 2. The summed E-state index contributed by atoms with van der Waals surface area (Å²) in [6.07, 6.45) is 0.826. The van der Waals surface area contributed by atoms with E-state index in [2.05, 4.69) is 15.9 Å². The number of anilines is 1. The summed E-state index contributed by atoms with van der Waals surface area (Å²) in [6, 6.07) is 15.2.